The van der Waals surface area contributed by atoms with Crippen molar-refractivity contribution in [2.75, 3.05) is 13.1 Å². The van der Waals surface area contributed by atoms with Crippen molar-refractivity contribution in [1.82, 2.24) is 20.8 Å². The highest BCUT2D eigenvalue weighted by Crippen LogP contribution is 2.18. The summed E-state index contributed by atoms with van der Waals surface area (Å²) in [5, 5.41) is 13.3. The van der Waals surface area contributed by atoms with Gasteiger partial charge in [0.1, 0.15) is 0 Å². The first-order valence-electron chi connectivity index (χ1n) is 7.14. The Balaban J connectivity index is 1.70. The molecule has 2 heterocycles. The molecule has 106 valence electrons. The van der Waals surface area contributed by atoms with Gasteiger partial charge in [0.2, 0.25) is 5.91 Å². The summed E-state index contributed by atoms with van der Waals surface area (Å²) in [6.07, 6.45) is 6.99. The fourth-order valence-corrected chi connectivity index (χ4v) is 2.55. The van der Waals surface area contributed by atoms with E-state index in [2.05, 4.69) is 20.8 Å². The topological polar surface area (TPSA) is 69.8 Å². The highest BCUT2D eigenvalue weighted by Gasteiger charge is 2.33. The maximum Gasteiger partial charge on any atom is 0.240 e. The predicted molar refractivity (Wildman–Crippen MR) is 74.9 cm³/mol. The van der Waals surface area contributed by atoms with E-state index in [0.717, 1.165) is 44.5 Å². The van der Waals surface area contributed by atoms with Crippen LogP contribution in [0.2, 0.25) is 0 Å². The molecule has 0 spiro atoms. The zero-order chi connectivity index (χ0) is 13.7. The second-order valence-electron chi connectivity index (χ2n) is 5.60. The van der Waals surface area contributed by atoms with Gasteiger partial charge in [-0.1, -0.05) is 0 Å². The quantitative estimate of drug-likeness (QED) is 0.702. The number of piperidine rings is 1. The van der Waals surface area contributed by atoms with Crippen molar-refractivity contribution in [2.45, 2.75) is 51.5 Å². The van der Waals surface area contributed by atoms with Crippen LogP contribution < -0.4 is 10.6 Å². The number of aromatic nitrogens is 2. The van der Waals surface area contributed by atoms with Crippen LogP contribution in [0.1, 0.15) is 43.9 Å². The molecule has 0 aromatic carbocycles. The number of carbonyl (C=O) groups excluding carboxylic acids is 1. The molecule has 1 fully saturated rings. The van der Waals surface area contributed by atoms with Gasteiger partial charge in [-0.2, -0.15) is 5.10 Å². The lowest BCUT2D eigenvalue weighted by Crippen LogP contribution is -2.57. The van der Waals surface area contributed by atoms with Crippen LogP contribution in [0.4, 0.5) is 0 Å². The summed E-state index contributed by atoms with van der Waals surface area (Å²) in [4.78, 5) is 12.2. The van der Waals surface area contributed by atoms with E-state index >= 15 is 0 Å². The van der Waals surface area contributed by atoms with Crippen molar-refractivity contribution in [3.8, 4) is 0 Å². The third-order valence-corrected chi connectivity index (χ3v) is 3.96. The number of carbonyl (C=O) groups is 1. The molecule has 0 bridgehead atoms. The lowest BCUT2D eigenvalue weighted by Gasteiger charge is -2.33. The molecule has 1 aliphatic rings. The number of hydrogen-bond donors (Lipinski definition) is 3. The highest BCUT2D eigenvalue weighted by atomic mass is 16.2. The van der Waals surface area contributed by atoms with Gasteiger partial charge in [-0.05, 0) is 58.1 Å². The largest absolute Gasteiger partial charge is 0.354 e. The van der Waals surface area contributed by atoms with Gasteiger partial charge in [0, 0.05) is 12.2 Å². The van der Waals surface area contributed by atoms with Crippen LogP contribution in [0, 0.1) is 6.92 Å². The Hall–Kier alpha value is -1.36. The lowest BCUT2D eigenvalue weighted by atomic mass is 9.90. The average molecular weight is 264 g/mol. The Morgan fingerprint density at radius 3 is 3.00 bits per heavy atom. The first-order chi connectivity index (χ1) is 9.12. The van der Waals surface area contributed by atoms with Gasteiger partial charge in [0.05, 0.1) is 11.7 Å². The smallest absolute Gasteiger partial charge is 0.240 e. The fourth-order valence-electron chi connectivity index (χ4n) is 2.55. The molecule has 0 saturated carbocycles. The van der Waals surface area contributed by atoms with E-state index in [9.17, 15) is 4.79 Å². The van der Waals surface area contributed by atoms with Crippen LogP contribution in [0.15, 0.2) is 6.20 Å². The highest BCUT2D eigenvalue weighted by molar-refractivity contribution is 5.85. The molecular weight excluding hydrogens is 240 g/mol. The minimum Gasteiger partial charge on any atom is -0.354 e. The maximum absolute atomic E-state index is 12.2. The number of nitrogens with zero attached hydrogens (tertiary/aromatic N) is 1. The molecule has 1 aromatic heterocycles. The summed E-state index contributed by atoms with van der Waals surface area (Å²) in [7, 11) is 0. The van der Waals surface area contributed by atoms with E-state index in [0.29, 0.717) is 0 Å². The number of hydrogen-bond acceptors (Lipinski definition) is 3. The third kappa shape index (κ3) is 3.56. The molecule has 1 aromatic rings. The molecule has 1 atom stereocenters. The van der Waals surface area contributed by atoms with Gasteiger partial charge in [-0.15, -0.1) is 0 Å². The van der Waals surface area contributed by atoms with Crippen LogP contribution in [-0.4, -0.2) is 34.7 Å². The maximum atomic E-state index is 12.2. The van der Waals surface area contributed by atoms with Crippen molar-refractivity contribution < 1.29 is 4.79 Å². The number of amides is 1. The minimum atomic E-state index is -0.371. The molecule has 1 saturated heterocycles. The summed E-state index contributed by atoms with van der Waals surface area (Å²) in [5.41, 5.74) is 1.98. The molecule has 19 heavy (non-hydrogen) atoms. The SMILES string of the molecule is Cc1[nH]ncc1CCCNC(=O)C1(C)CCCCN1. The van der Waals surface area contributed by atoms with Crippen molar-refractivity contribution in [1.29, 1.82) is 0 Å². The van der Waals surface area contributed by atoms with Crippen LogP contribution in [0.3, 0.4) is 0 Å². The van der Waals surface area contributed by atoms with Crippen LogP contribution >= 0.6 is 0 Å². The fraction of sp³-hybridized carbons (Fsp3) is 0.714. The first kappa shape index (κ1) is 14.1. The third-order valence-electron chi connectivity index (χ3n) is 3.96. The van der Waals surface area contributed by atoms with Crippen molar-refractivity contribution >= 4 is 5.91 Å². The Morgan fingerprint density at radius 2 is 2.37 bits per heavy atom. The Morgan fingerprint density at radius 1 is 1.53 bits per heavy atom. The number of H-pyrrole nitrogens is 1. The molecular formula is C14H24N4O. The number of rotatable bonds is 5. The van der Waals surface area contributed by atoms with Gasteiger partial charge < -0.3 is 10.6 Å². The molecule has 5 heteroatoms. The Bertz CT molecular complexity index is 421. The van der Waals surface area contributed by atoms with Crippen molar-refractivity contribution in [3.63, 3.8) is 0 Å². The van der Waals surface area contributed by atoms with Crippen LogP contribution in [0.25, 0.3) is 0 Å². The summed E-state index contributed by atoms with van der Waals surface area (Å²) in [6, 6.07) is 0. The lowest BCUT2D eigenvalue weighted by molar-refractivity contribution is -0.127. The van der Waals surface area contributed by atoms with E-state index < -0.39 is 0 Å². The summed E-state index contributed by atoms with van der Waals surface area (Å²) >= 11 is 0. The van der Waals surface area contributed by atoms with Gasteiger partial charge in [0.25, 0.3) is 0 Å². The summed E-state index contributed by atoms with van der Waals surface area (Å²) in [5.74, 6) is 0.135. The molecule has 2 rings (SSSR count). The molecule has 3 N–H and O–H groups in total. The van der Waals surface area contributed by atoms with Gasteiger partial charge in [-0.3, -0.25) is 9.89 Å². The van der Waals surface area contributed by atoms with E-state index in [1.807, 2.05) is 20.0 Å². The molecule has 0 aliphatic carbocycles. The van der Waals surface area contributed by atoms with E-state index in [1.165, 1.54) is 12.0 Å². The predicted octanol–water partition coefficient (Wildman–Crippen LogP) is 1.30. The van der Waals surface area contributed by atoms with Crippen LogP contribution in [-0.2, 0) is 11.2 Å². The van der Waals surface area contributed by atoms with Crippen molar-refractivity contribution in [2.24, 2.45) is 0 Å². The normalized spacial score (nSPS) is 23.3. The standard InChI is InChI=1S/C14H24N4O/c1-11-12(10-17-18-11)6-5-8-15-13(19)14(2)7-3-4-9-16-14/h10,16H,3-9H2,1-2H3,(H,15,19)(H,17,18). The van der Waals surface area contributed by atoms with E-state index in [4.69, 9.17) is 0 Å². The average Bonchev–Trinajstić information content (AvgIpc) is 2.81. The molecule has 1 amide bonds. The van der Waals surface area contributed by atoms with E-state index in [-0.39, 0.29) is 11.4 Å². The Kier molecular flexibility index (Phi) is 4.58. The molecule has 1 unspecified atom stereocenters. The van der Waals surface area contributed by atoms with Gasteiger partial charge in [-0.25, -0.2) is 0 Å². The summed E-state index contributed by atoms with van der Waals surface area (Å²) in [6.45, 7) is 5.69. The zero-order valence-electron chi connectivity index (χ0n) is 11.9. The number of aryl methyl sites for hydroxylation is 2. The second kappa shape index (κ2) is 6.19. The minimum absolute atomic E-state index is 0.135. The molecule has 5 nitrogen and oxygen atoms in total. The number of aromatic amines is 1. The zero-order valence-corrected chi connectivity index (χ0v) is 11.9. The van der Waals surface area contributed by atoms with Crippen LogP contribution in [0.5, 0.6) is 0 Å². The van der Waals surface area contributed by atoms with Gasteiger partial charge >= 0.3 is 0 Å². The molecule has 0 radical (unpaired) electrons. The Labute approximate surface area is 114 Å². The second-order valence-corrected chi connectivity index (χ2v) is 5.60. The van der Waals surface area contributed by atoms with E-state index in [1.54, 1.807) is 0 Å². The van der Waals surface area contributed by atoms with Crippen molar-refractivity contribution in [3.05, 3.63) is 17.5 Å². The monoisotopic (exact) mass is 264 g/mol. The molecule has 1 aliphatic heterocycles. The van der Waals surface area contributed by atoms with Gasteiger partial charge in [0.15, 0.2) is 0 Å². The number of nitrogens with one attached hydrogen (secondary N) is 3. The summed E-state index contributed by atoms with van der Waals surface area (Å²) < 4.78 is 0. The first-order valence-corrected chi connectivity index (χ1v) is 7.14.